The lowest BCUT2D eigenvalue weighted by Gasteiger charge is -1.91. The molecule has 1 aromatic heterocycles. The van der Waals surface area contributed by atoms with Gasteiger partial charge >= 0.3 is 0 Å². The van der Waals surface area contributed by atoms with Crippen LogP contribution in [0.4, 0.5) is 0 Å². The second-order valence-electron chi connectivity index (χ2n) is 1.78. The van der Waals surface area contributed by atoms with Crippen molar-refractivity contribution in [1.29, 1.82) is 0 Å². The molecule has 0 aliphatic heterocycles. The predicted octanol–water partition coefficient (Wildman–Crippen LogP) is 2.76. The second-order valence-corrected chi connectivity index (χ2v) is 3.09. The van der Waals surface area contributed by atoms with Gasteiger partial charge in [0.1, 0.15) is 5.03 Å². The molecule has 0 atom stereocenters. The van der Waals surface area contributed by atoms with E-state index in [4.69, 9.17) is 11.6 Å². The van der Waals surface area contributed by atoms with Crippen LogP contribution in [0.25, 0.3) is 0 Å². The summed E-state index contributed by atoms with van der Waals surface area (Å²) >= 11 is 7.06. The number of hydrogen-bond acceptors (Lipinski definition) is 3. The summed E-state index contributed by atoms with van der Waals surface area (Å²) in [4.78, 5) is 0. The lowest BCUT2D eigenvalue weighted by atomic mass is 10.6. The molecule has 0 aliphatic rings. The molecule has 0 fully saturated rings. The first kappa shape index (κ1) is 8.56. The van der Waals surface area contributed by atoms with E-state index in [0.29, 0.717) is 5.15 Å². The van der Waals surface area contributed by atoms with Gasteiger partial charge in [-0.25, -0.2) is 0 Å². The molecule has 0 aliphatic carbocycles. The highest BCUT2D eigenvalue weighted by Gasteiger charge is 1.92. The number of hydrogen-bond donors (Lipinski definition) is 0. The second kappa shape index (κ2) is 4.36. The number of thioether (sulfide) groups is 1. The first-order valence-electron chi connectivity index (χ1n) is 3.10. The molecule has 2 nitrogen and oxygen atoms in total. The van der Waals surface area contributed by atoms with Crippen LogP contribution in [0.3, 0.4) is 0 Å². The van der Waals surface area contributed by atoms with E-state index >= 15 is 0 Å². The molecule has 58 valence electrons. The Morgan fingerprint density at radius 3 is 2.82 bits per heavy atom. The van der Waals surface area contributed by atoms with Gasteiger partial charge in [0.25, 0.3) is 0 Å². The van der Waals surface area contributed by atoms with Crippen LogP contribution in [0.15, 0.2) is 28.6 Å². The zero-order valence-corrected chi connectivity index (χ0v) is 7.56. The van der Waals surface area contributed by atoms with Crippen molar-refractivity contribution >= 4 is 23.4 Å². The largest absolute Gasteiger partial charge is 0.151 e. The molecule has 0 bridgehead atoms. The average Bonchev–Trinajstić information content (AvgIpc) is 2.04. The van der Waals surface area contributed by atoms with Crippen LogP contribution in [-0.4, -0.2) is 10.2 Å². The maximum atomic E-state index is 5.54. The normalized spacial score (nSPS) is 10.7. The standard InChI is InChI=1S/C7H7ClN2S/c1-2-5-11-7-4-3-6(8)9-10-7/h2-5H,1H3. The monoisotopic (exact) mass is 186 g/mol. The zero-order valence-electron chi connectivity index (χ0n) is 5.99. The van der Waals surface area contributed by atoms with Gasteiger partial charge in [-0.15, -0.1) is 10.2 Å². The Kier molecular flexibility index (Phi) is 3.39. The zero-order chi connectivity index (χ0) is 8.10. The Bertz CT molecular complexity index is 245. The number of rotatable bonds is 2. The molecular formula is C7H7ClN2S. The fourth-order valence-electron chi connectivity index (χ4n) is 0.504. The van der Waals surface area contributed by atoms with E-state index in [9.17, 15) is 0 Å². The summed E-state index contributed by atoms with van der Waals surface area (Å²) in [7, 11) is 0. The Hall–Kier alpha value is -0.540. The van der Waals surface area contributed by atoms with Gasteiger partial charge < -0.3 is 0 Å². The molecule has 0 aromatic carbocycles. The van der Waals surface area contributed by atoms with Crippen LogP contribution in [0.1, 0.15) is 6.92 Å². The average molecular weight is 187 g/mol. The van der Waals surface area contributed by atoms with Gasteiger partial charge in [0, 0.05) is 0 Å². The van der Waals surface area contributed by atoms with Gasteiger partial charge in [-0.2, -0.15) is 0 Å². The molecule has 0 amide bonds. The highest BCUT2D eigenvalue weighted by Crippen LogP contribution is 2.15. The van der Waals surface area contributed by atoms with Gasteiger partial charge in [-0.3, -0.25) is 0 Å². The third kappa shape index (κ3) is 2.91. The molecule has 0 N–H and O–H groups in total. The highest BCUT2D eigenvalue weighted by molar-refractivity contribution is 8.02. The van der Waals surface area contributed by atoms with Crippen molar-refractivity contribution in [1.82, 2.24) is 10.2 Å². The first-order chi connectivity index (χ1) is 5.33. The smallest absolute Gasteiger partial charge is 0.142 e. The Balaban J connectivity index is 2.66. The van der Waals surface area contributed by atoms with Crippen molar-refractivity contribution in [2.75, 3.05) is 0 Å². The Morgan fingerprint density at radius 1 is 1.45 bits per heavy atom. The van der Waals surface area contributed by atoms with Crippen LogP contribution in [-0.2, 0) is 0 Å². The molecule has 4 heteroatoms. The Morgan fingerprint density at radius 2 is 2.27 bits per heavy atom. The summed E-state index contributed by atoms with van der Waals surface area (Å²) in [5, 5.41) is 10.8. The van der Waals surface area contributed by atoms with Crippen molar-refractivity contribution < 1.29 is 0 Å². The van der Waals surface area contributed by atoms with Crippen molar-refractivity contribution in [3.63, 3.8) is 0 Å². The molecular weight excluding hydrogens is 180 g/mol. The summed E-state index contributed by atoms with van der Waals surface area (Å²) in [5.41, 5.74) is 0. The summed E-state index contributed by atoms with van der Waals surface area (Å²) in [5.74, 6) is 0. The van der Waals surface area contributed by atoms with Crippen molar-refractivity contribution in [2.45, 2.75) is 11.9 Å². The molecule has 0 saturated carbocycles. The van der Waals surface area contributed by atoms with E-state index in [1.165, 1.54) is 11.8 Å². The Labute approximate surface area is 74.7 Å². The SMILES string of the molecule is CC=CSc1ccc(Cl)nn1. The summed E-state index contributed by atoms with van der Waals surface area (Å²) in [6.07, 6.45) is 1.95. The predicted molar refractivity (Wildman–Crippen MR) is 47.7 cm³/mol. The van der Waals surface area contributed by atoms with Crippen molar-refractivity contribution in [3.8, 4) is 0 Å². The van der Waals surface area contributed by atoms with Gasteiger partial charge in [-0.05, 0) is 24.5 Å². The van der Waals surface area contributed by atoms with Crippen molar-refractivity contribution in [3.05, 3.63) is 28.8 Å². The lowest BCUT2D eigenvalue weighted by molar-refractivity contribution is 0.932. The van der Waals surface area contributed by atoms with E-state index in [1.54, 1.807) is 6.07 Å². The van der Waals surface area contributed by atoms with E-state index in [1.807, 2.05) is 24.5 Å². The number of allylic oxidation sites excluding steroid dienone is 1. The fraction of sp³-hybridized carbons (Fsp3) is 0.143. The molecule has 0 radical (unpaired) electrons. The van der Waals surface area contributed by atoms with Gasteiger partial charge in [0.2, 0.25) is 0 Å². The molecule has 0 unspecified atom stereocenters. The molecule has 1 aromatic rings. The number of aromatic nitrogens is 2. The van der Waals surface area contributed by atoms with Gasteiger partial charge in [0.15, 0.2) is 5.15 Å². The van der Waals surface area contributed by atoms with E-state index < -0.39 is 0 Å². The molecule has 0 saturated heterocycles. The molecule has 1 rings (SSSR count). The summed E-state index contributed by atoms with van der Waals surface area (Å²) in [6, 6.07) is 3.56. The van der Waals surface area contributed by atoms with Gasteiger partial charge in [-0.1, -0.05) is 29.4 Å². The third-order valence-electron chi connectivity index (χ3n) is 0.932. The van der Waals surface area contributed by atoms with Crippen LogP contribution < -0.4 is 0 Å². The summed E-state index contributed by atoms with van der Waals surface area (Å²) < 4.78 is 0. The number of nitrogens with zero attached hydrogens (tertiary/aromatic N) is 2. The van der Waals surface area contributed by atoms with Crippen LogP contribution in [0.2, 0.25) is 5.15 Å². The first-order valence-corrected chi connectivity index (χ1v) is 4.36. The van der Waals surface area contributed by atoms with E-state index in [-0.39, 0.29) is 0 Å². The minimum absolute atomic E-state index is 0.426. The molecule has 11 heavy (non-hydrogen) atoms. The van der Waals surface area contributed by atoms with E-state index in [0.717, 1.165) is 5.03 Å². The maximum absolute atomic E-state index is 5.54. The lowest BCUT2D eigenvalue weighted by Crippen LogP contribution is -1.82. The topological polar surface area (TPSA) is 25.8 Å². The summed E-state index contributed by atoms with van der Waals surface area (Å²) in [6.45, 7) is 1.95. The highest BCUT2D eigenvalue weighted by atomic mass is 35.5. The maximum Gasteiger partial charge on any atom is 0.151 e. The fourth-order valence-corrected chi connectivity index (χ4v) is 1.12. The van der Waals surface area contributed by atoms with Crippen LogP contribution in [0.5, 0.6) is 0 Å². The van der Waals surface area contributed by atoms with Crippen molar-refractivity contribution in [2.24, 2.45) is 0 Å². The third-order valence-corrected chi connectivity index (χ3v) is 2.00. The van der Waals surface area contributed by atoms with Crippen LogP contribution in [0, 0.1) is 0 Å². The quantitative estimate of drug-likeness (QED) is 0.665. The minimum atomic E-state index is 0.426. The molecule has 0 spiro atoms. The van der Waals surface area contributed by atoms with Crippen LogP contribution >= 0.6 is 23.4 Å². The van der Waals surface area contributed by atoms with Gasteiger partial charge in [0.05, 0.1) is 0 Å². The number of halogens is 1. The van der Waals surface area contributed by atoms with E-state index in [2.05, 4.69) is 10.2 Å². The molecule has 1 heterocycles. The minimum Gasteiger partial charge on any atom is -0.142 e.